The number of benzene rings is 1. The Kier molecular flexibility index (Phi) is 2.77. The maximum atomic E-state index is 3.48. The summed E-state index contributed by atoms with van der Waals surface area (Å²) in [5.41, 5.74) is 3.97. The Balaban J connectivity index is 1.92. The van der Waals surface area contributed by atoms with Gasteiger partial charge in [0.2, 0.25) is 0 Å². The topological polar surface area (TPSA) is 15.3 Å². The molecule has 2 heterocycles. The summed E-state index contributed by atoms with van der Waals surface area (Å²) in [5.74, 6) is 0. The monoisotopic (exact) mass is 244 g/mol. The molecule has 0 amide bonds. The van der Waals surface area contributed by atoms with E-state index in [1.54, 1.807) is 11.3 Å². The minimum atomic E-state index is 0.532. The SMILES string of the molecule is CC1CNc2ccccc2N1Cc1ccsc1. The van der Waals surface area contributed by atoms with E-state index in [1.165, 1.54) is 16.9 Å². The largest absolute Gasteiger partial charge is 0.381 e. The standard InChI is InChI=1S/C14H16N2S/c1-11-8-15-13-4-2-3-5-14(13)16(11)9-12-6-7-17-10-12/h2-7,10-11,15H,8-9H2,1H3. The molecular formula is C14H16N2S. The van der Waals surface area contributed by atoms with Gasteiger partial charge < -0.3 is 10.2 Å². The average molecular weight is 244 g/mol. The van der Waals surface area contributed by atoms with E-state index < -0.39 is 0 Å². The van der Waals surface area contributed by atoms with Crippen LogP contribution in [0.25, 0.3) is 0 Å². The van der Waals surface area contributed by atoms with Crippen LogP contribution < -0.4 is 10.2 Å². The molecule has 1 aliphatic heterocycles. The smallest absolute Gasteiger partial charge is 0.0608 e. The van der Waals surface area contributed by atoms with E-state index in [1.807, 2.05) is 0 Å². The minimum absolute atomic E-state index is 0.532. The zero-order valence-electron chi connectivity index (χ0n) is 9.89. The number of nitrogens with one attached hydrogen (secondary N) is 1. The Morgan fingerprint density at radius 1 is 1.35 bits per heavy atom. The molecule has 88 valence electrons. The van der Waals surface area contributed by atoms with Gasteiger partial charge in [-0.3, -0.25) is 0 Å². The van der Waals surface area contributed by atoms with Crippen LogP contribution in [0, 0.1) is 0 Å². The predicted octanol–water partition coefficient (Wildman–Crippen LogP) is 3.57. The zero-order chi connectivity index (χ0) is 11.7. The molecule has 0 saturated carbocycles. The van der Waals surface area contributed by atoms with E-state index in [-0.39, 0.29) is 0 Å². The third-order valence-corrected chi connectivity index (χ3v) is 4.00. The van der Waals surface area contributed by atoms with E-state index >= 15 is 0 Å². The second kappa shape index (κ2) is 4.41. The average Bonchev–Trinajstić information content (AvgIpc) is 2.86. The molecule has 0 fully saturated rings. The molecule has 17 heavy (non-hydrogen) atoms. The van der Waals surface area contributed by atoms with Crippen LogP contribution in [0.5, 0.6) is 0 Å². The van der Waals surface area contributed by atoms with Crippen molar-refractivity contribution < 1.29 is 0 Å². The molecule has 1 N–H and O–H groups in total. The molecule has 0 bridgehead atoms. The van der Waals surface area contributed by atoms with E-state index in [0.717, 1.165) is 13.1 Å². The molecular weight excluding hydrogens is 228 g/mol. The summed E-state index contributed by atoms with van der Waals surface area (Å²) >= 11 is 1.77. The summed E-state index contributed by atoms with van der Waals surface area (Å²) in [6.45, 7) is 4.29. The fourth-order valence-corrected chi connectivity index (χ4v) is 2.96. The molecule has 0 radical (unpaired) electrons. The van der Waals surface area contributed by atoms with Gasteiger partial charge in [0.15, 0.2) is 0 Å². The van der Waals surface area contributed by atoms with Crippen LogP contribution in [0.15, 0.2) is 41.1 Å². The summed E-state index contributed by atoms with van der Waals surface area (Å²) in [7, 11) is 0. The molecule has 1 unspecified atom stereocenters. The van der Waals surface area contributed by atoms with Crippen LogP contribution in [-0.4, -0.2) is 12.6 Å². The van der Waals surface area contributed by atoms with Crippen molar-refractivity contribution in [2.45, 2.75) is 19.5 Å². The van der Waals surface area contributed by atoms with E-state index in [4.69, 9.17) is 0 Å². The van der Waals surface area contributed by atoms with Crippen molar-refractivity contribution >= 4 is 22.7 Å². The Labute approximate surface area is 106 Å². The van der Waals surface area contributed by atoms with Crippen molar-refractivity contribution in [3.8, 4) is 0 Å². The van der Waals surface area contributed by atoms with Gasteiger partial charge in [-0.15, -0.1) is 0 Å². The van der Waals surface area contributed by atoms with Crippen LogP contribution in [0.4, 0.5) is 11.4 Å². The van der Waals surface area contributed by atoms with Gasteiger partial charge in [0.25, 0.3) is 0 Å². The molecule has 1 atom stereocenters. The van der Waals surface area contributed by atoms with E-state index in [9.17, 15) is 0 Å². The number of hydrogen-bond acceptors (Lipinski definition) is 3. The lowest BCUT2D eigenvalue weighted by Crippen LogP contribution is -2.41. The van der Waals surface area contributed by atoms with Crippen molar-refractivity contribution in [3.05, 3.63) is 46.7 Å². The minimum Gasteiger partial charge on any atom is -0.381 e. The van der Waals surface area contributed by atoms with Crippen molar-refractivity contribution in [2.75, 3.05) is 16.8 Å². The van der Waals surface area contributed by atoms with Gasteiger partial charge in [0.05, 0.1) is 11.4 Å². The Bertz CT molecular complexity index is 493. The number of nitrogens with zero attached hydrogens (tertiary/aromatic N) is 1. The Hall–Kier alpha value is -1.48. The fourth-order valence-electron chi connectivity index (χ4n) is 2.30. The number of rotatable bonds is 2. The molecule has 2 nitrogen and oxygen atoms in total. The van der Waals surface area contributed by atoms with Gasteiger partial charge in [-0.05, 0) is 41.4 Å². The molecule has 0 aliphatic carbocycles. The highest BCUT2D eigenvalue weighted by Gasteiger charge is 2.22. The molecule has 1 aliphatic rings. The third-order valence-electron chi connectivity index (χ3n) is 3.27. The first kappa shape index (κ1) is 10.7. The number of para-hydroxylation sites is 2. The highest BCUT2D eigenvalue weighted by atomic mass is 32.1. The highest BCUT2D eigenvalue weighted by Crippen LogP contribution is 2.32. The van der Waals surface area contributed by atoms with Crippen molar-refractivity contribution in [1.82, 2.24) is 0 Å². The molecule has 0 spiro atoms. The summed E-state index contributed by atoms with van der Waals surface area (Å²) in [6.07, 6.45) is 0. The highest BCUT2D eigenvalue weighted by molar-refractivity contribution is 7.07. The van der Waals surface area contributed by atoms with E-state index in [2.05, 4.69) is 58.2 Å². The number of anilines is 2. The number of fused-ring (bicyclic) bond motifs is 1. The summed E-state index contributed by atoms with van der Waals surface area (Å²) < 4.78 is 0. The molecule has 1 aromatic carbocycles. The van der Waals surface area contributed by atoms with Crippen molar-refractivity contribution in [3.63, 3.8) is 0 Å². The maximum absolute atomic E-state index is 3.48. The Morgan fingerprint density at radius 2 is 2.24 bits per heavy atom. The number of thiophene rings is 1. The van der Waals surface area contributed by atoms with Gasteiger partial charge in [-0.2, -0.15) is 11.3 Å². The van der Waals surface area contributed by atoms with Gasteiger partial charge in [0, 0.05) is 19.1 Å². The van der Waals surface area contributed by atoms with E-state index in [0.29, 0.717) is 6.04 Å². The second-order valence-corrected chi connectivity index (χ2v) is 5.29. The molecule has 3 heteroatoms. The van der Waals surface area contributed by atoms with Crippen molar-refractivity contribution in [1.29, 1.82) is 0 Å². The quantitative estimate of drug-likeness (QED) is 0.869. The molecule has 0 saturated heterocycles. The first-order chi connectivity index (χ1) is 8.34. The van der Waals surface area contributed by atoms with Crippen molar-refractivity contribution in [2.24, 2.45) is 0 Å². The number of hydrogen-bond donors (Lipinski definition) is 1. The molecule has 3 rings (SSSR count). The normalized spacial score (nSPS) is 18.6. The lowest BCUT2D eigenvalue weighted by molar-refractivity contribution is 0.642. The first-order valence-electron chi connectivity index (χ1n) is 5.95. The van der Waals surface area contributed by atoms with Gasteiger partial charge in [0.1, 0.15) is 0 Å². The third kappa shape index (κ3) is 2.03. The van der Waals surface area contributed by atoms with Gasteiger partial charge >= 0.3 is 0 Å². The lowest BCUT2D eigenvalue weighted by Gasteiger charge is -2.37. The first-order valence-corrected chi connectivity index (χ1v) is 6.89. The summed E-state index contributed by atoms with van der Waals surface area (Å²) in [5, 5.41) is 7.86. The van der Waals surface area contributed by atoms with Crippen LogP contribution in [-0.2, 0) is 6.54 Å². The van der Waals surface area contributed by atoms with Crippen LogP contribution >= 0.6 is 11.3 Å². The summed E-state index contributed by atoms with van der Waals surface area (Å²) in [4.78, 5) is 2.48. The summed E-state index contributed by atoms with van der Waals surface area (Å²) in [6, 6.07) is 11.3. The predicted molar refractivity (Wildman–Crippen MR) is 74.9 cm³/mol. The van der Waals surface area contributed by atoms with Crippen LogP contribution in [0.2, 0.25) is 0 Å². The van der Waals surface area contributed by atoms with Crippen LogP contribution in [0.1, 0.15) is 12.5 Å². The Morgan fingerprint density at radius 3 is 3.06 bits per heavy atom. The molecule has 2 aromatic rings. The maximum Gasteiger partial charge on any atom is 0.0608 e. The van der Waals surface area contributed by atoms with Gasteiger partial charge in [-0.1, -0.05) is 12.1 Å². The lowest BCUT2D eigenvalue weighted by atomic mass is 10.1. The van der Waals surface area contributed by atoms with Crippen LogP contribution in [0.3, 0.4) is 0 Å². The second-order valence-electron chi connectivity index (χ2n) is 4.51. The fraction of sp³-hybridized carbons (Fsp3) is 0.286. The zero-order valence-corrected chi connectivity index (χ0v) is 10.7. The molecule has 1 aromatic heterocycles. The van der Waals surface area contributed by atoms with Gasteiger partial charge in [-0.25, -0.2) is 0 Å².